The van der Waals surface area contributed by atoms with Crippen LogP contribution in [0.2, 0.25) is 0 Å². The highest BCUT2D eigenvalue weighted by Gasteiger charge is 2.30. The summed E-state index contributed by atoms with van der Waals surface area (Å²) in [4.78, 5) is 27.8. The SMILES string of the molecule is CNC(=O)[C@@H](Cc1ccccc1)N(Cc1ccccc1F)C(=O)COc1cc(C)cc(C)c1C. The largest absolute Gasteiger partial charge is 0.483 e. The second-order valence-electron chi connectivity index (χ2n) is 8.43. The monoisotopic (exact) mass is 462 g/mol. The van der Waals surface area contributed by atoms with Crippen molar-refractivity contribution in [3.63, 3.8) is 0 Å². The molecule has 5 nitrogen and oxygen atoms in total. The van der Waals surface area contributed by atoms with E-state index in [0.29, 0.717) is 17.7 Å². The van der Waals surface area contributed by atoms with E-state index in [9.17, 15) is 14.0 Å². The van der Waals surface area contributed by atoms with Gasteiger partial charge in [-0.1, -0.05) is 54.6 Å². The molecule has 0 bridgehead atoms. The van der Waals surface area contributed by atoms with Crippen molar-refractivity contribution in [1.82, 2.24) is 10.2 Å². The predicted molar refractivity (Wildman–Crippen MR) is 131 cm³/mol. The molecule has 0 heterocycles. The number of nitrogens with one attached hydrogen (secondary N) is 1. The number of benzene rings is 3. The topological polar surface area (TPSA) is 58.6 Å². The maximum absolute atomic E-state index is 14.5. The molecular weight excluding hydrogens is 431 g/mol. The molecule has 0 saturated carbocycles. The molecule has 0 unspecified atom stereocenters. The Morgan fingerprint density at radius 2 is 1.68 bits per heavy atom. The number of hydrogen-bond acceptors (Lipinski definition) is 3. The molecule has 0 spiro atoms. The summed E-state index contributed by atoms with van der Waals surface area (Å²) < 4.78 is 20.4. The number of nitrogens with zero attached hydrogens (tertiary/aromatic N) is 1. The molecule has 3 aromatic carbocycles. The van der Waals surface area contributed by atoms with Crippen molar-refractivity contribution < 1.29 is 18.7 Å². The molecular formula is C28H31FN2O3. The minimum Gasteiger partial charge on any atom is -0.483 e. The van der Waals surface area contributed by atoms with Gasteiger partial charge < -0.3 is 15.0 Å². The molecule has 178 valence electrons. The molecule has 0 aliphatic rings. The molecule has 34 heavy (non-hydrogen) atoms. The van der Waals surface area contributed by atoms with Crippen molar-refractivity contribution >= 4 is 11.8 Å². The van der Waals surface area contributed by atoms with E-state index >= 15 is 0 Å². The summed E-state index contributed by atoms with van der Waals surface area (Å²) in [6.45, 7) is 5.58. The molecule has 0 aliphatic carbocycles. The van der Waals surface area contributed by atoms with Crippen LogP contribution in [0.25, 0.3) is 0 Å². The summed E-state index contributed by atoms with van der Waals surface area (Å²) in [7, 11) is 1.53. The molecule has 0 aliphatic heterocycles. The molecule has 0 radical (unpaired) electrons. The van der Waals surface area contributed by atoms with E-state index in [4.69, 9.17) is 4.74 Å². The highest BCUT2D eigenvalue weighted by molar-refractivity contribution is 5.88. The van der Waals surface area contributed by atoms with Gasteiger partial charge in [-0.15, -0.1) is 0 Å². The van der Waals surface area contributed by atoms with Gasteiger partial charge in [0.1, 0.15) is 17.6 Å². The van der Waals surface area contributed by atoms with Crippen molar-refractivity contribution in [2.24, 2.45) is 0 Å². The molecule has 1 atom stereocenters. The average Bonchev–Trinajstić information content (AvgIpc) is 2.83. The standard InChI is InChI=1S/C28H31FN2O3/c1-19-14-20(2)21(3)26(15-19)34-18-27(32)31(17-23-12-8-9-13-24(23)29)25(28(33)30-4)16-22-10-6-5-7-11-22/h5-15,25H,16-18H2,1-4H3,(H,30,33)/t25-/m1/s1. The first-order chi connectivity index (χ1) is 16.3. The summed E-state index contributed by atoms with van der Waals surface area (Å²) in [5.74, 6) is -0.527. The third kappa shape index (κ3) is 6.22. The molecule has 0 fully saturated rings. The Morgan fingerprint density at radius 3 is 2.35 bits per heavy atom. The number of aryl methyl sites for hydroxylation is 2. The normalized spacial score (nSPS) is 11.6. The van der Waals surface area contributed by atoms with Crippen molar-refractivity contribution in [3.8, 4) is 5.75 Å². The number of likely N-dealkylation sites (N-methyl/N-ethyl adjacent to an activating group) is 1. The smallest absolute Gasteiger partial charge is 0.261 e. The van der Waals surface area contributed by atoms with Gasteiger partial charge in [-0.05, 0) is 55.2 Å². The van der Waals surface area contributed by atoms with Crippen LogP contribution in [-0.2, 0) is 22.6 Å². The zero-order valence-corrected chi connectivity index (χ0v) is 20.1. The third-order valence-electron chi connectivity index (χ3n) is 5.93. The Morgan fingerprint density at radius 1 is 1.00 bits per heavy atom. The molecule has 2 amide bonds. The van der Waals surface area contributed by atoms with Crippen LogP contribution in [0, 0.1) is 26.6 Å². The van der Waals surface area contributed by atoms with Gasteiger partial charge in [0.2, 0.25) is 5.91 Å². The van der Waals surface area contributed by atoms with Crippen LogP contribution in [0.3, 0.4) is 0 Å². The fourth-order valence-electron chi connectivity index (χ4n) is 3.90. The summed E-state index contributed by atoms with van der Waals surface area (Å²) in [6, 6.07) is 18.8. The Labute approximate surface area is 200 Å². The number of carbonyl (C=O) groups excluding carboxylic acids is 2. The Kier molecular flexibility index (Phi) is 8.41. The number of amides is 2. The Balaban J connectivity index is 1.92. The maximum atomic E-state index is 14.5. The maximum Gasteiger partial charge on any atom is 0.261 e. The van der Waals surface area contributed by atoms with Gasteiger partial charge in [-0.3, -0.25) is 9.59 Å². The second-order valence-corrected chi connectivity index (χ2v) is 8.43. The van der Waals surface area contributed by atoms with Crippen molar-refractivity contribution in [1.29, 1.82) is 0 Å². The predicted octanol–water partition coefficient (Wildman–Crippen LogP) is 4.52. The van der Waals surface area contributed by atoms with E-state index in [1.54, 1.807) is 18.2 Å². The fourth-order valence-corrected chi connectivity index (χ4v) is 3.90. The number of hydrogen-bond donors (Lipinski definition) is 1. The van der Waals surface area contributed by atoms with E-state index in [0.717, 1.165) is 22.3 Å². The van der Waals surface area contributed by atoms with E-state index in [1.807, 2.05) is 57.2 Å². The summed E-state index contributed by atoms with van der Waals surface area (Å²) in [5.41, 5.74) is 4.28. The first kappa shape index (κ1) is 25.0. The van der Waals surface area contributed by atoms with E-state index < -0.39 is 17.8 Å². The molecule has 6 heteroatoms. The van der Waals surface area contributed by atoms with Gasteiger partial charge >= 0.3 is 0 Å². The van der Waals surface area contributed by atoms with Crippen molar-refractivity contribution in [2.45, 2.75) is 39.8 Å². The van der Waals surface area contributed by atoms with Crippen molar-refractivity contribution in [2.75, 3.05) is 13.7 Å². The van der Waals surface area contributed by atoms with Gasteiger partial charge in [-0.25, -0.2) is 4.39 Å². The minimum absolute atomic E-state index is 0.0500. The molecule has 1 N–H and O–H groups in total. The number of ether oxygens (including phenoxy) is 1. The third-order valence-corrected chi connectivity index (χ3v) is 5.93. The average molecular weight is 463 g/mol. The van der Waals surface area contributed by atoms with Crippen LogP contribution < -0.4 is 10.1 Å². The first-order valence-corrected chi connectivity index (χ1v) is 11.3. The van der Waals surface area contributed by atoms with Gasteiger partial charge in [-0.2, -0.15) is 0 Å². The Bertz CT molecular complexity index is 1150. The lowest BCUT2D eigenvalue weighted by atomic mass is 10.0. The van der Waals surface area contributed by atoms with Crippen LogP contribution >= 0.6 is 0 Å². The van der Waals surface area contributed by atoms with Crippen LogP contribution in [0.1, 0.15) is 27.8 Å². The van der Waals surface area contributed by atoms with E-state index in [2.05, 4.69) is 11.4 Å². The molecule has 0 saturated heterocycles. The molecule has 3 aromatic rings. The van der Waals surface area contributed by atoms with Gasteiger partial charge in [0.15, 0.2) is 6.61 Å². The number of rotatable bonds is 9. The van der Waals surface area contributed by atoms with Crippen LogP contribution in [-0.4, -0.2) is 36.4 Å². The van der Waals surface area contributed by atoms with Crippen molar-refractivity contribution in [3.05, 3.63) is 100 Å². The number of carbonyl (C=O) groups is 2. The van der Waals surface area contributed by atoms with Crippen LogP contribution in [0.5, 0.6) is 5.75 Å². The lowest BCUT2D eigenvalue weighted by Crippen LogP contribution is -2.51. The first-order valence-electron chi connectivity index (χ1n) is 11.3. The summed E-state index contributed by atoms with van der Waals surface area (Å²) >= 11 is 0. The Hall–Kier alpha value is -3.67. The summed E-state index contributed by atoms with van der Waals surface area (Å²) in [6.07, 6.45) is 0.295. The number of halogens is 1. The lowest BCUT2D eigenvalue weighted by Gasteiger charge is -2.31. The van der Waals surface area contributed by atoms with Crippen LogP contribution in [0.15, 0.2) is 66.7 Å². The van der Waals surface area contributed by atoms with E-state index in [1.165, 1.54) is 18.0 Å². The zero-order chi connectivity index (χ0) is 24.7. The highest BCUT2D eigenvalue weighted by atomic mass is 19.1. The zero-order valence-electron chi connectivity index (χ0n) is 20.1. The fraction of sp³-hybridized carbons (Fsp3) is 0.286. The second kappa shape index (κ2) is 11.5. The van der Waals surface area contributed by atoms with E-state index in [-0.39, 0.29) is 19.1 Å². The van der Waals surface area contributed by atoms with Gasteiger partial charge in [0.25, 0.3) is 5.91 Å². The lowest BCUT2D eigenvalue weighted by molar-refractivity contribution is -0.142. The molecule has 3 rings (SSSR count). The van der Waals surface area contributed by atoms with Gasteiger partial charge in [0.05, 0.1) is 0 Å². The molecule has 0 aromatic heterocycles. The summed E-state index contributed by atoms with van der Waals surface area (Å²) in [5, 5.41) is 2.65. The minimum atomic E-state index is -0.830. The quantitative estimate of drug-likeness (QED) is 0.509. The van der Waals surface area contributed by atoms with Gasteiger partial charge in [0, 0.05) is 25.6 Å². The van der Waals surface area contributed by atoms with Crippen LogP contribution in [0.4, 0.5) is 4.39 Å². The highest BCUT2D eigenvalue weighted by Crippen LogP contribution is 2.24.